The van der Waals surface area contributed by atoms with E-state index in [9.17, 15) is 8.42 Å². The van der Waals surface area contributed by atoms with Crippen molar-refractivity contribution in [2.45, 2.75) is 19.9 Å². The lowest BCUT2D eigenvalue weighted by atomic mass is 10.5. The second kappa shape index (κ2) is 5.19. The fourth-order valence-corrected chi connectivity index (χ4v) is 1.97. The van der Waals surface area contributed by atoms with Crippen molar-refractivity contribution in [3.63, 3.8) is 0 Å². The molecule has 0 atom stereocenters. The second-order valence-corrected chi connectivity index (χ2v) is 4.94. The number of nitrogens with zero attached hydrogens (tertiary/aromatic N) is 2. The Morgan fingerprint density at radius 1 is 1.53 bits per heavy atom. The minimum absolute atomic E-state index is 0.0142. The molecule has 3 N–H and O–H groups in total. The molecule has 7 nitrogen and oxygen atoms in total. The lowest BCUT2D eigenvalue weighted by Crippen LogP contribution is -2.27. The maximum absolute atomic E-state index is 11.3. The molecule has 86 valence electrons. The van der Waals surface area contributed by atoms with Crippen molar-refractivity contribution in [2.75, 3.05) is 12.3 Å². The normalized spacial score (nSPS) is 11.9. The topological polar surface area (TPSA) is 111 Å². The molecule has 0 bridgehead atoms. The van der Waals surface area contributed by atoms with E-state index in [0.29, 0.717) is 24.7 Å². The molecule has 0 fully saturated rings. The quantitative estimate of drug-likeness (QED) is 0.663. The Hall–Kier alpha value is -0.990. The molecule has 1 aromatic heterocycles. The Kier molecular flexibility index (Phi) is 4.18. The first kappa shape index (κ1) is 12.1. The van der Waals surface area contributed by atoms with Crippen LogP contribution in [0.4, 0.5) is 0 Å². The van der Waals surface area contributed by atoms with Crippen molar-refractivity contribution in [1.29, 1.82) is 0 Å². The van der Waals surface area contributed by atoms with Crippen LogP contribution in [0.25, 0.3) is 0 Å². The number of rotatable bonds is 6. The summed E-state index contributed by atoms with van der Waals surface area (Å²) in [6, 6.07) is 0. The van der Waals surface area contributed by atoms with E-state index < -0.39 is 10.0 Å². The van der Waals surface area contributed by atoms with Gasteiger partial charge in [0.15, 0.2) is 5.82 Å². The van der Waals surface area contributed by atoms with Gasteiger partial charge in [0.25, 0.3) is 0 Å². The first-order valence-electron chi connectivity index (χ1n) is 4.50. The summed E-state index contributed by atoms with van der Waals surface area (Å²) in [5.41, 5.74) is 5.21. The summed E-state index contributed by atoms with van der Waals surface area (Å²) in [5.74, 6) is 0.746. The maximum Gasteiger partial charge on any atom is 0.223 e. The predicted octanol–water partition coefficient (Wildman–Crippen LogP) is -0.854. The third-order valence-electron chi connectivity index (χ3n) is 1.64. The average Bonchev–Trinajstić information content (AvgIpc) is 2.59. The van der Waals surface area contributed by atoms with Crippen molar-refractivity contribution in [3.05, 3.63) is 11.7 Å². The Balaban J connectivity index is 2.42. The van der Waals surface area contributed by atoms with Gasteiger partial charge in [0.2, 0.25) is 15.9 Å². The Morgan fingerprint density at radius 2 is 2.27 bits per heavy atom. The summed E-state index contributed by atoms with van der Waals surface area (Å²) >= 11 is 0. The van der Waals surface area contributed by atoms with E-state index in [0.717, 1.165) is 0 Å². The van der Waals surface area contributed by atoms with Crippen LogP contribution in [0.15, 0.2) is 4.52 Å². The number of aromatic nitrogens is 2. The fourth-order valence-electron chi connectivity index (χ4n) is 0.933. The standard InChI is InChI=1S/C7H14N4O3S/c1-6-10-7(11-14-6)5-9-15(12,13)4-2-3-8/h9H,2-5,8H2,1H3. The van der Waals surface area contributed by atoms with Crippen LogP contribution in [-0.2, 0) is 16.6 Å². The van der Waals surface area contributed by atoms with Gasteiger partial charge in [-0.25, -0.2) is 13.1 Å². The zero-order valence-corrected chi connectivity index (χ0v) is 9.25. The monoisotopic (exact) mass is 234 g/mol. The molecule has 0 aliphatic carbocycles. The molecule has 15 heavy (non-hydrogen) atoms. The minimum atomic E-state index is -3.28. The average molecular weight is 234 g/mol. The molecular formula is C7H14N4O3S. The van der Waals surface area contributed by atoms with Gasteiger partial charge in [0, 0.05) is 6.92 Å². The fraction of sp³-hybridized carbons (Fsp3) is 0.714. The highest BCUT2D eigenvalue weighted by atomic mass is 32.2. The molecule has 0 radical (unpaired) electrons. The van der Waals surface area contributed by atoms with Crippen LogP contribution in [0.2, 0.25) is 0 Å². The van der Waals surface area contributed by atoms with Crippen LogP contribution in [0, 0.1) is 6.92 Å². The van der Waals surface area contributed by atoms with Gasteiger partial charge in [-0.05, 0) is 13.0 Å². The van der Waals surface area contributed by atoms with E-state index in [4.69, 9.17) is 10.3 Å². The van der Waals surface area contributed by atoms with Crippen LogP contribution < -0.4 is 10.5 Å². The van der Waals surface area contributed by atoms with E-state index >= 15 is 0 Å². The van der Waals surface area contributed by atoms with Crippen molar-refractivity contribution < 1.29 is 12.9 Å². The number of hydrogen-bond acceptors (Lipinski definition) is 6. The molecule has 0 amide bonds. The zero-order valence-electron chi connectivity index (χ0n) is 8.43. The van der Waals surface area contributed by atoms with Gasteiger partial charge in [-0.1, -0.05) is 5.16 Å². The molecule has 0 aliphatic heterocycles. The van der Waals surface area contributed by atoms with Crippen LogP contribution in [0.5, 0.6) is 0 Å². The first-order chi connectivity index (χ1) is 7.03. The largest absolute Gasteiger partial charge is 0.340 e. The van der Waals surface area contributed by atoms with Crippen molar-refractivity contribution in [2.24, 2.45) is 5.73 Å². The number of nitrogens with two attached hydrogens (primary N) is 1. The number of hydrogen-bond donors (Lipinski definition) is 2. The van der Waals surface area contributed by atoms with Gasteiger partial charge in [0.1, 0.15) is 0 Å². The van der Waals surface area contributed by atoms with E-state index in [1.165, 1.54) is 0 Å². The maximum atomic E-state index is 11.3. The SMILES string of the molecule is Cc1nc(CNS(=O)(=O)CCCN)no1. The highest BCUT2D eigenvalue weighted by Gasteiger charge is 2.11. The molecule has 0 saturated carbocycles. The third-order valence-corrected chi connectivity index (χ3v) is 3.05. The third kappa shape index (κ3) is 4.36. The molecule has 0 unspecified atom stereocenters. The van der Waals surface area contributed by atoms with Gasteiger partial charge in [0.05, 0.1) is 12.3 Å². The molecule has 0 aliphatic rings. The molecule has 1 aromatic rings. The second-order valence-electron chi connectivity index (χ2n) is 3.01. The van der Waals surface area contributed by atoms with Crippen molar-refractivity contribution >= 4 is 10.0 Å². The van der Waals surface area contributed by atoms with E-state index in [1.54, 1.807) is 6.92 Å². The van der Waals surface area contributed by atoms with E-state index in [1.807, 2.05) is 0 Å². The van der Waals surface area contributed by atoms with Gasteiger partial charge in [-0.15, -0.1) is 0 Å². The lowest BCUT2D eigenvalue weighted by Gasteiger charge is -2.02. The summed E-state index contributed by atoms with van der Waals surface area (Å²) in [6.07, 6.45) is 0.431. The molecular weight excluding hydrogens is 220 g/mol. The molecule has 0 saturated heterocycles. The Labute approximate surface area is 88.1 Å². The van der Waals surface area contributed by atoms with E-state index in [-0.39, 0.29) is 12.3 Å². The Bertz CT molecular complexity index is 400. The van der Waals surface area contributed by atoms with E-state index in [2.05, 4.69) is 14.9 Å². The molecule has 1 heterocycles. The number of nitrogens with one attached hydrogen (secondary N) is 1. The summed E-state index contributed by atoms with van der Waals surface area (Å²) < 4.78 is 29.7. The highest BCUT2D eigenvalue weighted by Crippen LogP contribution is 1.96. The first-order valence-corrected chi connectivity index (χ1v) is 6.15. The molecule has 0 aromatic carbocycles. The molecule has 8 heteroatoms. The smallest absolute Gasteiger partial charge is 0.223 e. The van der Waals surface area contributed by atoms with Gasteiger partial charge < -0.3 is 10.3 Å². The molecule has 0 spiro atoms. The van der Waals surface area contributed by atoms with Crippen LogP contribution in [-0.4, -0.2) is 30.9 Å². The summed E-state index contributed by atoms with van der Waals surface area (Å²) in [4.78, 5) is 3.86. The number of sulfonamides is 1. The summed E-state index contributed by atoms with van der Waals surface area (Å²) in [7, 11) is -3.28. The van der Waals surface area contributed by atoms with Gasteiger partial charge >= 0.3 is 0 Å². The molecule has 1 rings (SSSR count). The van der Waals surface area contributed by atoms with Crippen molar-refractivity contribution in [1.82, 2.24) is 14.9 Å². The van der Waals surface area contributed by atoms with Crippen molar-refractivity contribution in [3.8, 4) is 0 Å². The zero-order chi connectivity index (χ0) is 11.3. The van der Waals surface area contributed by atoms with Crippen LogP contribution in [0.3, 0.4) is 0 Å². The van der Waals surface area contributed by atoms with Gasteiger partial charge in [-0.2, -0.15) is 4.98 Å². The predicted molar refractivity (Wildman–Crippen MR) is 53.3 cm³/mol. The number of aryl methyl sites for hydroxylation is 1. The van der Waals surface area contributed by atoms with Crippen LogP contribution >= 0.6 is 0 Å². The summed E-state index contributed by atoms with van der Waals surface area (Å²) in [6.45, 7) is 2.03. The highest BCUT2D eigenvalue weighted by molar-refractivity contribution is 7.89. The van der Waals surface area contributed by atoms with Crippen LogP contribution in [0.1, 0.15) is 18.1 Å². The lowest BCUT2D eigenvalue weighted by molar-refractivity contribution is 0.387. The minimum Gasteiger partial charge on any atom is -0.340 e. The Morgan fingerprint density at radius 3 is 2.80 bits per heavy atom. The summed E-state index contributed by atoms with van der Waals surface area (Å²) in [5, 5.41) is 3.56. The van der Waals surface area contributed by atoms with Gasteiger partial charge in [-0.3, -0.25) is 0 Å².